The van der Waals surface area contributed by atoms with Crippen molar-refractivity contribution in [2.24, 2.45) is 10.7 Å². The minimum atomic E-state index is 0. The third kappa shape index (κ3) is 4.48. The molecule has 0 atom stereocenters. The highest BCUT2D eigenvalue weighted by Crippen LogP contribution is 2.44. The fourth-order valence-corrected chi connectivity index (χ4v) is 3.91. The molecule has 1 fully saturated rings. The van der Waals surface area contributed by atoms with Gasteiger partial charge in [-0.05, 0) is 42.7 Å². The Hall–Kier alpha value is -1.96. The summed E-state index contributed by atoms with van der Waals surface area (Å²) in [7, 11) is 0. The summed E-state index contributed by atoms with van der Waals surface area (Å²) >= 11 is 0. The van der Waals surface area contributed by atoms with E-state index in [1.165, 1.54) is 18.4 Å². The molecule has 2 aromatic rings. The highest BCUT2D eigenvalue weighted by Gasteiger charge is 2.36. The molecule has 27 heavy (non-hydrogen) atoms. The van der Waals surface area contributed by atoms with Crippen LogP contribution in [-0.4, -0.2) is 25.7 Å². The van der Waals surface area contributed by atoms with Gasteiger partial charge in [0.25, 0.3) is 0 Å². The van der Waals surface area contributed by atoms with Crippen LogP contribution >= 0.6 is 24.0 Å². The van der Waals surface area contributed by atoms with Gasteiger partial charge in [0.1, 0.15) is 13.2 Å². The Morgan fingerprint density at radius 1 is 1.00 bits per heavy atom. The van der Waals surface area contributed by atoms with Crippen molar-refractivity contribution < 1.29 is 9.47 Å². The lowest BCUT2D eigenvalue weighted by Crippen LogP contribution is -2.30. The van der Waals surface area contributed by atoms with Crippen molar-refractivity contribution in [3.8, 4) is 11.5 Å². The fourth-order valence-electron chi connectivity index (χ4n) is 3.91. The quantitative estimate of drug-likeness (QED) is 0.390. The van der Waals surface area contributed by atoms with E-state index < -0.39 is 0 Å². The van der Waals surface area contributed by atoms with Crippen LogP contribution in [0.4, 0.5) is 5.69 Å². The number of halogens is 1. The molecular formula is C21H26IN3O2. The lowest BCUT2D eigenvalue weighted by Gasteiger charge is -2.29. The average molecular weight is 479 g/mol. The Morgan fingerprint density at radius 3 is 2.44 bits per heavy atom. The Morgan fingerprint density at radius 2 is 1.70 bits per heavy atom. The number of rotatable bonds is 4. The van der Waals surface area contributed by atoms with Gasteiger partial charge in [-0.1, -0.05) is 37.1 Å². The van der Waals surface area contributed by atoms with Crippen molar-refractivity contribution in [2.75, 3.05) is 25.1 Å². The van der Waals surface area contributed by atoms with Crippen molar-refractivity contribution in [1.29, 1.82) is 0 Å². The normalized spacial score (nSPS) is 17.9. The van der Waals surface area contributed by atoms with E-state index in [1.807, 2.05) is 36.4 Å². The van der Waals surface area contributed by atoms with Gasteiger partial charge in [0, 0.05) is 11.1 Å². The van der Waals surface area contributed by atoms with E-state index in [0.717, 1.165) is 30.0 Å². The topological polar surface area (TPSA) is 68.9 Å². The molecule has 1 aliphatic carbocycles. The molecular weight excluding hydrogens is 453 g/mol. The van der Waals surface area contributed by atoms with E-state index in [2.05, 4.69) is 22.4 Å². The second-order valence-corrected chi connectivity index (χ2v) is 7.04. The molecule has 4 rings (SSSR count). The van der Waals surface area contributed by atoms with E-state index in [9.17, 15) is 0 Å². The number of ether oxygens (including phenoxy) is 2. The molecule has 0 radical (unpaired) electrons. The summed E-state index contributed by atoms with van der Waals surface area (Å²) in [5, 5.41) is 3.17. The number of para-hydroxylation sites is 1. The minimum Gasteiger partial charge on any atom is -0.486 e. The van der Waals surface area contributed by atoms with Crippen LogP contribution in [0.2, 0.25) is 0 Å². The summed E-state index contributed by atoms with van der Waals surface area (Å²) in [5.41, 5.74) is 8.38. The van der Waals surface area contributed by atoms with Gasteiger partial charge in [-0.2, -0.15) is 0 Å². The van der Waals surface area contributed by atoms with Crippen molar-refractivity contribution in [1.82, 2.24) is 0 Å². The smallest absolute Gasteiger partial charge is 0.193 e. The summed E-state index contributed by atoms with van der Waals surface area (Å²) in [6.45, 7) is 1.90. The van der Waals surface area contributed by atoms with Gasteiger partial charge in [0.05, 0.1) is 6.54 Å². The van der Waals surface area contributed by atoms with Crippen LogP contribution in [0.1, 0.15) is 31.2 Å². The molecule has 2 aliphatic rings. The average Bonchev–Trinajstić information content (AvgIpc) is 3.17. The van der Waals surface area contributed by atoms with Gasteiger partial charge >= 0.3 is 0 Å². The molecule has 5 nitrogen and oxygen atoms in total. The molecule has 6 heteroatoms. The first-order chi connectivity index (χ1) is 12.8. The first-order valence-electron chi connectivity index (χ1n) is 9.27. The molecule has 1 aliphatic heterocycles. The number of benzene rings is 2. The predicted molar refractivity (Wildman–Crippen MR) is 120 cm³/mol. The number of hydrogen-bond acceptors (Lipinski definition) is 3. The Labute approximate surface area is 177 Å². The van der Waals surface area contributed by atoms with Gasteiger partial charge in [-0.25, -0.2) is 0 Å². The maximum atomic E-state index is 6.13. The third-order valence-corrected chi connectivity index (χ3v) is 5.31. The minimum absolute atomic E-state index is 0. The number of nitrogens with one attached hydrogen (secondary N) is 1. The second-order valence-electron chi connectivity index (χ2n) is 7.04. The zero-order valence-electron chi connectivity index (χ0n) is 15.3. The van der Waals surface area contributed by atoms with E-state index in [1.54, 1.807) is 0 Å². The molecule has 0 amide bonds. The van der Waals surface area contributed by atoms with Crippen LogP contribution in [0.25, 0.3) is 0 Å². The largest absolute Gasteiger partial charge is 0.486 e. The molecule has 144 valence electrons. The van der Waals surface area contributed by atoms with Crippen LogP contribution < -0.4 is 20.5 Å². The van der Waals surface area contributed by atoms with E-state index in [4.69, 9.17) is 15.2 Å². The maximum Gasteiger partial charge on any atom is 0.193 e. The van der Waals surface area contributed by atoms with E-state index in [0.29, 0.717) is 25.7 Å². The standard InChI is InChI=1S/C21H25N3O2.HI/c22-20(24-17-6-2-1-3-7-17)23-15-21(10-4-5-11-21)16-8-9-18-19(14-16)26-13-12-25-18;/h1-3,6-9,14H,4-5,10-13,15H2,(H3,22,23,24);1H. The van der Waals surface area contributed by atoms with Crippen LogP contribution in [-0.2, 0) is 5.41 Å². The summed E-state index contributed by atoms with van der Waals surface area (Å²) in [4.78, 5) is 4.67. The molecule has 1 saturated carbocycles. The molecule has 0 spiro atoms. The van der Waals surface area contributed by atoms with Crippen LogP contribution in [0.3, 0.4) is 0 Å². The summed E-state index contributed by atoms with van der Waals surface area (Å²) in [5.74, 6) is 2.14. The molecule has 2 aromatic carbocycles. The van der Waals surface area contributed by atoms with Crippen LogP contribution in [0, 0.1) is 0 Å². The molecule has 0 aromatic heterocycles. The van der Waals surface area contributed by atoms with Gasteiger partial charge in [0.2, 0.25) is 0 Å². The van der Waals surface area contributed by atoms with Gasteiger partial charge < -0.3 is 20.5 Å². The third-order valence-electron chi connectivity index (χ3n) is 5.31. The number of anilines is 1. The van der Waals surface area contributed by atoms with E-state index >= 15 is 0 Å². The van der Waals surface area contributed by atoms with Crippen molar-refractivity contribution in [2.45, 2.75) is 31.1 Å². The molecule has 0 saturated heterocycles. The lowest BCUT2D eigenvalue weighted by atomic mass is 9.79. The Kier molecular flexibility index (Phi) is 6.46. The fraction of sp³-hybridized carbons (Fsp3) is 0.381. The number of aliphatic imine (C=N–C) groups is 1. The Bertz CT molecular complexity index is 789. The highest BCUT2D eigenvalue weighted by molar-refractivity contribution is 14.0. The first-order valence-corrected chi connectivity index (χ1v) is 9.27. The van der Waals surface area contributed by atoms with Gasteiger partial charge in [-0.3, -0.25) is 4.99 Å². The number of hydrogen-bond donors (Lipinski definition) is 2. The first kappa shape index (κ1) is 19.8. The molecule has 1 heterocycles. The van der Waals surface area contributed by atoms with E-state index in [-0.39, 0.29) is 29.4 Å². The maximum absolute atomic E-state index is 6.13. The monoisotopic (exact) mass is 479 g/mol. The summed E-state index contributed by atoms with van der Waals surface area (Å²) in [6.07, 6.45) is 4.68. The zero-order valence-corrected chi connectivity index (χ0v) is 17.6. The molecule has 3 N–H and O–H groups in total. The van der Waals surface area contributed by atoms with Crippen LogP contribution in [0.5, 0.6) is 11.5 Å². The Balaban J connectivity index is 0.00000210. The summed E-state index contributed by atoms with van der Waals surface area (Å²) in [6, 6.07) is 16.2. The summed E-state index contributed by atoms with van der Waals surface area (Å²) < 4.78 is 11.4. The molecule has 0 unspecified atom stereocenters. The number of guanidine groups is 1. The number of nitrogens with two attached hydrogens (primary N) is 1. The number of fused-ring (bicyclic) bond motifs is 1. The van der Waals surface area contributed by atoms with Gasteiger partial charge in [0.15, 0.2) is 17.5 Å². The second kappa shape index (κ2) is 8.82. The zero-order chi connectivity index (χ0) is 17.8. The number of nitrogens with zero attached hydrogens (tertiary/aromatic N) is 1. The van der Waals surface area contributed by atoms with Crippen molar-refractivity contribution >= 4 is 35.6 Å². The highest BCUT2D eigenvalue weighted by atomic mass is 127. The van der Waals surface area contributed by atoms with Crippen LogP contribution in [0.15, 0.2) is 53.5 Å². The molecule has 0 bridgehead atoms. The predicted octanol–water partition coefficient (Wildman–Crippen LogP) is 4.31. The lowest BCUT2D eigenvalue weighted by molar-refractivity contribution is 0.171. The SMILES string of the molecule is I.NC(=NCC1(c2ccc3c(c2)OCCO3)CCCC1)Nc1ccccc1. The van der Waals surface area contributed by atoms with Crippen molar-refractivity contribution in [3.05, 3.63) is 54.1 Å². The van der Waals surface area contributed by atoms with Crippen molar-refractivity contribution in [3.63, 3.8) is 0 Å². The van der Waals surface area contributed by atoms with Gasteiger partial charge in [-0.15, -0.1) is 24.0 Å².